The van der Waals surface area contributed by atoms with Crippen LogP contribution in [0.5, 0.6) is 5.75 Å². The number of hydrogen-bond donors (Lipinski definition) is 2. The molecule has 0 aliphatic carbocycles. The summed E-state index contributed by atoms with van der Waals surface area (Å²) in [5.41, 5.74) is 2.25. The van der Waals surface area contributed by atoms with Gasteiger partial charge >= 0.3 is 0 Å². The van der Waals surface area contributed by atoms with E-state index in [4.69, 9.17) is 5.11 Å². The molecule has 0 amide bonds. The Morgan fingerprint density at radius 2 is 1.80 bits per heavy atom. The zero-order valence-corrected chi connectivity index (χ0v) is 12.0. The van der Waals surface area contributed by atoms with Gasteiger partial charge in [-0.3, -0.25) is 0 Å². The number of sulfonamides is 1. The summed E-state index contributed by atoms with van der Waals surface area (Å²) in [7, 11) is -3.52. The first kappa shape index (κ1) is 14.6. The SMILES string of the molecule is Cc1cccc(CCNS(=O)(=O)c2ccc(O)cc2)c1. The van der Waals surface area contributed by atoms with E-state index in [1.807, 2.05) is 31.2 Å². The van der Waals surface area contributed by atoms with Crippen LogP contribution in [-0.4, -0.2) is 20.1 Å². The van der Waals surface area contributed by atoms with E-state index in [1.54, 1.807) is 0 Å². The van der Waals surface area contributed by atoms with E-state index in [-0.39, 0.29) is 10.6 Å². The summed E-state index contributed by atoms with van der Waals surface area (Å²) in [6.07, 6.45) is 0.638. The first-order valence-corrected chi connectivity index (χ1v) is 7.80. The van der Waals surface area contributed by atoms with Gasteiger partial charge in [0.05, 0.1) is 4.90 Å². The van der Waals surface area contributed by atoms with Gasteiger partial charge in [0.2, 0.25) is 10.0 Å². The van der Waals surface area contributed by atoms with Gasteiger partial charge in [-0.05, 0) is 43.2 Å². The van der Waals surface area contributed by atoms with Gasteiger partial charge in [0, 0.05) is 6.54 Å². The maximum absolute atomic E-state index is 12.0. The molecule has 0 radical (unpaired) electrons. The minimum Gasteiger partial charge on any atom is -0.508 e. The second kappa shape index (κ2) is 6.07. The summed E-state index contributed by atoms with van der Waals surface area (Å²) in [5.74, 6) is 0.0451. The van der Waals surface area contributed by atoms with E-state index < -0.39 is 10.0 Å². The van der Waals surface area contributed by atoms with Crippen LogP contribution in [0.25, 0.3) is 0 Å². The molecule has 20 heavy (non-hydrogen) atoms. The van der Waals surface area contributed by atoms with E-state index >= 15 is 0 Å². The molecule has 0 saturated heterocycles. The zero-order valence-electron chi connectivity index (χ0n) is 11.2. The predicted molar refractivity (Wildman–Crippen MR) is 78.2 cm³/mol. The van der Waals surface area contributed by atoms with Gasteiger partial charge in [0.25, 0.3) is 0 Å². The lowest BCUT2D eigenvalue weighted by Gasteiger charge is -2.07. The minimum absolute atomic E-state index is 0.0451. The quantitative estimate of drug-likeness (QED) is 0.887. The number of aromatic hydroxyl groups is 1. The largest absolute Gasteiger partial charge is 0.508 e. The number of aryl methyl sites for hydroxylation is 1. The molecule has 4 nitrogen and oxygen atoms in total. The van der Waals surface area contributed by atoms with E-state index in [0.717, 1.165) is 11.1 Å². The monoisotopic (exact) mass is 291 g/mol. The second-order valence-electron chi connectivity index (χ2n) is 4.63. The highest BCUT2D eigenvalue weighted by molar-refractivity contribution is 7.89. The van der Waals surface area contributed by atoms with E-state index in [2.05, 4.69) is 4.72 Å². The van der Waals surface area contributed by atoms with Gasteiger partial charge in [0.1, 0.15) is 5.75 Å². The second-order valence-corrected chi connectivity index (χ2v) is 6.40. The third-order valence-electron chi connectivity index (χ3n) is 2.94. The molecule has 0 heterocycles. The maximum Gasteiger partial charge on any atom is 0.240 e. The Hall–Kier alpha value is -1.85. The summed E-state index contributed by atoms with van der Waals surface area (Å²) in [6, 6.07) is 13.4. The molecule has 0 aliphatic rings. The number of nitrogens with one attached hydrogen (secondary N) is 1. The maximum atomic E-state index is 12.0. The molecule has 2 rings (SSSR count). The van der Waals surface area contributed by atoms with Gasteiger partial charge in [-0.2, -0.15) is 0 Å². The number of hydrogen-bond acceptors (Lipinski definition) is 3. The van der Waals surface area contributed by atoms with Crippen molar-refractivity contribution in [2.75, 3.05) is 6.54 Å². The topological polar surface area (TPSA) is 66.4 Å². The molecule has 106 valence electrons. The molecule has 0 saturated carbocycles. The fourth-order valence-electron chi connectivity index (χ4n) is 1.91. The molecule has 0 atom stereocenters. The minimum atomic E-state index is -3.52. The summed E-state index contributed by atoms with van der Waals surface area (Å²) in [6.45, 7) is 2.34. The lowest BCUT2D eigenvalue weighted by molar-refractivity contribution is 0.474. The first-order valence-electron chi connectivity index (χ1n) is 6.32. The van der Waals surface area contributed by atoms with Crippen LogP contribution in [-0.2, 0) is 16.4 Å². The van der Waals surface area contributed by atoms with Crippen LogP contribution >= 0.6 is 0 Å². The van der Waals surface area contributed by atoms with Gasteiger partial charge in [0.15, 0.2) is 0 Å². The van der Waals surface area contributed by atoms with Crippen molar-refractivity contribution < 1.29 is 13.5 Å². The summed E-state index contributed by atoms with van der Waals surface area (Å²) >= 11 is 0. The molecular formula is C15H17NO3S. The van der Waals surface area contributed by atoms with Crippen molar-refractivity contribution in [1.29, 1.82) is 0 Å². The molecule has 0 spiro atoms. The van der Waals surface area contributed by atoms with Gasteiger partial charge in [-0.1, -0.05) is 29.8 Å². The van der Waals surface area contributed by atoms with E-state index in [1.165, 1.54) is 24.3 Å². The lowest BCUT2D eigenvalue weighted by atomic mass is 10.1. The normalized spacial score (nSPS) is 11.4. The molecule has 2 aromatic carbocycles. The van der Waals surface area contributed by atoms with E-state index in [9.17, 15) is 8.42 Å². The Morgan fingerprint density at radius 1 is 1.10 bits per heavy atom. The van der Waals surface area contributed by atoms with Crippen LogP contribution in [0.4, 0.5) is 0 Å². The average molecular weight is 291 g/mol. The summed E-state index contributed by atoms with van der Waals surface area (Å²) in [4.78, 5) is 0.152. The Labute approximate surface area is 119 Å². The van der Waals surface area contributed by atoms with Gasteiger partial charge in [-0.15, -0.1) is 0 Å². The number of rotatable bonds is 5. The smallest absolute Gasteiger partial charge is 0.240 e. The molecule has 2 N–H and O–H groups in total. The highest BCUT2D eigenvalue weighted by atomic mass is 32.2. The number of benzene rings is 2. The highest BCUT2D eigenvalue weighted by Gasteiger charge is 2.12. The predicted octanol–water partition coefficient (Wildman–Crippen LogP) is 2.22. The van der Waals surface area contributed by atoms with Crippen molar-refractivity contribution in [2.45, 2.75) is 18.2 Å². The molecule has 0 aromatic heterocycles. The molecule has 0 bridgehead atoms. The van der Waals surface area contributed by atoms with Crippen molar-refractivity contribution in [1.82, 2.24) is 4.72 Å². The van der Waals surface area contributed by atoms with Crippen LogP contribution in [0.15, 0.2) is 53.4 Å². The van der Waals surface area contributed by atoms with Gasteiger partial charge < -0.3 is 5.11 Å². The zero-order chi connectivity index (χ0) is 14.6. The molecule has 2 aromatic rings. The molecular weight excluding hydrogens is 274 g/mol. The third kappa shape index (κ3) is 3.82. The van der Waals surface area contributed by atoms with Crippen LogP contribution in [0, 0.1) is 6.92 Å². The molecule has 0 fully saturated rings. The van der Waals surface area contributed by atoms with Crippen molar-refractivity contribution >= 4 is 10.0 Å². The first-order chi connectivity index (χ1) is 9.47. The molecule has 0 aliphatic heterocycles. The van der Waals surface area contributed by atoms with Crippen LogP contribution in [0.3, 0.4) is 0 Å². The van der Waals surface area contributed by atoms with Crippen molar-refractivity contribution in [3.8, 4) is 5.75 Å². The van der Waals surface area contributed by atoms with Crippen LogP contribution < -0.4 is 4.72 Å². The highest BCUT2D eigenvalue weighted by Crippen LogP contribution is 2.14. The Balaban J connectivity index is 1.98. The van der Waals surface area contributed by atoms with Gasteiger partial charge in [-0.25, -0.2) is 13.1 Å². The number of phenolic OH excluding ortho intramolecular Hbond substituents is 1. The third-order valence-corrected chi connectivity index (χ3v) is 4.41. The van der Waals surface area contributed by atoms with Crippen LogP contribution in [0.2, 0.25) is 0 Å². The Kier molecular flexibility index (Phi) is 4.42. The summed E-state index contributed by atoms with van der Waals surface area (Å²) in [5, 5.41) is 9.16. The fraction of sp³-hybridized carbons (Fsp3) is 0.200. The van der Waals surface area contributed by atoms with Crippen molar-refractivity contribution in [3.63, 3.8) is 0 Å². The summed E-state index contributed by atoms with van der Waals surface area (Å²) < 4.78 is 26.6. The molecule has 0 unspecified atom stereocenters. The average Bonchev–Trinajstić information content (AvgIpc) is 2.39. The fourth-order valence-corrected chi connectivity index (χ4v) is 2.94. The molecule has 5 heteroatoms. The van der Waals surface area contributed by atoms with Crippen molar-refractivity contribution in [2.24, 2.45) is 0 Å². The standard InChI is InChI=1S/C15H17NO3S/c1-12-3-2-4-13(11-12)9-10-16-20(18,19)15-7-5-14(17)6-8-15/h2-8,11,16-17H,9-10H2,1H3. The Morgan fingerprint density at radius 3 is 2.45 bits per heavy atom. The van der Waals surface area contributed by atoms with Crippen molar-refractivity contribution in [3.05, 3.63) is 59.7 Å². The van der Waals surface area contributed by atoms with Crippen LogP contribution in [0.1, 0.15) is 11.1 Å². The Bertz CT molecular complexity index is 679. The lowest BCUT2D eigenvalue weighted by Crippen LogP contribution is -2.25. The number of phenols is 1. The van der Waals surface area contributed by atoms with E-state index in [0.29, 0.717) is 13.0 Å².